The van der Waals surface area contributed by atoms with Crippen LogP contribution in [-0.2, 0) is 6.42 Å². The Labute approximate surface area is 93.3 Å². The predicted octanol–water partition coefficient (Wildman–Crippen LogP) is 1.62. The Kier molecular flexibility index (Phi) is 3.21. The summed E-state index contributed by atoms with van der Waals surface area (Å²) < 4.78 is 25.7. The largest absolute Gasteiger partial charge is 0.389 e. The molecule has 0 aromatic heterocycles. The van der Waals surface area contributed by atoms with Gasteiger partial charge in [0, 0.05) is 6.42 Å². The first-order chi connectivity index (χ1) is 7.59. The topological polar surface area (TPSA) is 32.3 Å². The Morgan fingerprint density at radius 3 is 2.50 bits per heavy atom. The summed E-state index contributed by atoms with van der Waals surface area (Å²) in [5.74, 6) is -1.70. The molecule has 1 aromatic carbocycles. The molecule has 0 amide bonds. The maximum absolute atomic E-state index is 13.0. The molecule has 0 spiro atoms. The van der Waals surface area contributed by atoms with Crippen LogP contribution < -0.4 is 5.32 Å². The minimum absolute atomic E-state index is 0.381. The lowest BCUT2D eigenvalue weighted by Crippen LogP contribution is -2.43. The van der Waals surface area contributed by atoms with Crippen LogP contribution in [0.5, 0.6) is 0 Å². The van der Waals surface area contributed by atoms with E-state index in [9.17, 15) is 13.9 Å². The summed E-state index contributed by atoms with van der Waals surface area (Å²) >= 11 is 0. The SMILES string of the molecule is OC1(Cc2ccc(F)c(F)c2)CCNCC1. The van der Waals surface area contributed by atoms with Crippen molar-refractivity contribution in [2.75, 3.05) is 13.1 Å². The number of halogens is 2. The standard InChI is InChI=1S/C12H15F2NO/c13-10-2-1-9(7-11(10)14)8-12(16)3-5-15-6-4-12/h1-2,7,15-16H,3-6,8H2. The molecular weight excluding hydrogens is 212 g/mol. The Bertz CT molecular complexity index is 375. The summed E-state index contributed by atoms with van der Waals surface area (Å²) in [6.45, 7) is 1.53. The number of aliphatic hydroxyl groups is 1. The van der Waals surface area contributed by atoms with Gasteiger partial charge in [0.15, 0.2) is 11.6 Å². The second-order valence-electron chi connectivity index (χ2n) is 4.40. The van der Waals surface area contributed by atoms with Gasteiger partial charge in [-0.15, -0.1) is 0 Å². The van der Waals surface area contributed by atoms with E-state index in [1.807, 2.05) is 0 Å². The van der Waals surface area contributed by atoms with E-state index >= 15 is 0 Å². The van der Waals surface area contributed by atoms with Gasteiger partial charge in [-0.25, -0.2) is 8.78 Å². The highest BCUT2D eigenvalue weighted by Crippen LogP contribution is 2.23. The maximum atomic E-state index is 13.0. The normalized spacial score (nSPS) is 19.7. The van der Waals surface area contributed by atoms with Gasteiger partial charge < -0.3 is 10.4 Å². The molecule has 2 rings (SSSR count). The summed E-state index contributed by atoms with van der Waals surface area (Å²) in [5.41, 5.74) is -0.140. The van der Waals surface area contributed by atoms with Crippen LogP contribution in [0.25, 0.3) is 0 Å². The van der Waals surface area contributed by atoms with Crippen molar-refractivity contribution in [1.82, 2.24) is 5.32 Å². The number of hydrogen-bond acceptors (Lipinski definition) is 2. The van der Waals surface area contributed by atoms with Gasteiger partial charge in [-0.05, 0) is 43.6 Å². The van der Waals surface area contributed by atoms with Crippen LogP contribution in [0.3, 0.4) is 0 Å². The molecule has 0 atom stereocenters. The summed E-state index contributed by atoms with van der Waals surface area (Å²) in [6.07, 6.45) is 1.67. The highest BCUT2D eigenvalue weighted by Gasteiger charge is 2.29. The second kappa shape index (κ2) is 4.47. The number of piperidine rings is 1. The summed E-state index contributed by atoms with van der Waals surface area (Å²) in [6, 6.07) is 3.79. The molecule has 2 nitrogen and oxygen atoms in total. The van der Waals surface area contributed by atoms with E-state index in [2.05, 4.69) is 5.32 Å². The molecule has 1 aliphatic rings. The van der Waals surface area contributed by atoms with Gasteiger partial charge in [-0.1, -0.05) is 6.07 Å². The second-order valence-corrected chi connectivity index (χ2v) is 4.40. The molecule has 0 unspecified atom stereocenters. The Hall–Kier alpha value is -1.00. The molecule has 0 saturated carbocycles. The van der Waals surface area contributed by atoms with Gasteiger partial charge in [0.05, 0.1) is 5.60 Å². The summed E-state index contributed by atoms with van der Waals surface area (Å²) in [7, 11) is 0. The fourth-order valence-corrected chi connectivity index (χ4v) is 2.10. The van der Waals surface area contributed by atoms with Crippen molar-refractivity contribution in [2.24, 2.45) is 0 Å². The van der Waals surface area contributed by atoms with Crippen LogP contribution in [0, 0.1) is 11.6 Å². The van der Waals surface area contributed by atoms with Crippen LogP contribution in [0.2, 0.25) is 0 Å². The van der Waals surface area contributed by atoms with E-state index in [4.69, 9.17) is 0 Å². The van der Waals surface area contributed by atoms with Crippen LogP contribution >= 0.6 is 0 Å². The smallest absolute Gasteiger partial charge is 0.159 e. The molecule has 0 radical (unpaired) electrons. The quantitative estimate of drug-likeness (QED) is 0.804. The van der Waals surface area contributed by atoms with Gasteiger partial charge in [0.2, 0.25) is 0 Å². The van der Waals surface area contributed by atoms with E-state index in [0.717, 1.165) is 25.2 Å². The Morgan fingerprint density at radius 1 is 1.19 bits per heavy atom. The Morgan fingerprint density at radius 2 is 1.88 bits per heavy atom. The number of hydrogen-bond donors (Lipinski definition) is 2. The van der Waals surface area contributed by atoms with Crippen molar-refractivity contribution in [2.45, 2.75) is 24.9 Å². The molecular formula is C12H15F2NO. The summed E-state index contributed by atoms with van der Waals surface area (Å²) in [4.78, 5) is 0. The average molecular weight is 227 g/mol. The van der Waals surface area contributed by atoms with Gasteiger partial charge in [-0.3, -0.25) is 0 Å². The molecule has 0 bridgehead atoms. The van der Waals surface area contributed by atoms with E-state index in [1.165, 1.54) is 6.07 Å². The third-order valence-electron chi connectivity index (χ3n) is 3.05. The van der Waals surface area contributed by atoms with Crippen molar-refractivity contribution < 1.29 is 13.9 Å². The van der Waals surface area contributed by atoms with Crippen molar-refractivity contribution in [1.29, 1.82) is 0 Å². The first-order valence-electron chi connectivity index (χ1n) is 5.46. The minimum atomic E-state index is -0.852. The van der Waals surface area contributed by atoms with Crippen molar-refractivity contribution >= 4 is 0 Å². The van der Waals surface area contributed by atoms with E-state index in [1.54, 1.807) is 0 Å². The fourth-order valence-electron chi connectivity index (χ4n) is 2.10. The lowest BCUT2D eigenvalue weighted by atomic mass is 9.86. The maximum Gasteiger partial charge on any atom is 0.159 e. The molecule has 1 aliphatic heterocycles. The fraction of sp³-hybridized carbons (Fsp3) is 0.500. The molecule has 1 fully saturated rings. The highest BCUT2D eigenvalue weighted by molar-refractivity contribution is 5.20. The van der Waals surface area contributed by atoms with Gasteiger partial charge in [0.1, 0.15) is 0 Å². The molecule has 16 heavy (non-hydrogen) atoms. The summed E-state index contributed by atoms with van der Waals surface area (Å²) in [5, 5.41) is 13.4. The molecule has 1 aromatic rings. The third kappa shape index (κ3) is 2.57. The number of nitrogens with one attached hydrogen (secondary N) is 1. The van der Waals surface area contributed by atoms with Crippen molar-refractivity contribution in [3.8, 4) is 0 Å². The average Bonchev–Trinajstić information content (AvgIpc) is 2.24. The van der Waals surface area contributed by atoms with Crippen LogP contribution in [0.4, 0.5) is 8.78 Å². The van der Waals surface area contributed by atoms with Gasteiger partial charge >= 0.3 is 0 Å². The molecule has 2 N–H and O–H groups in total. The first kappa shape index (κ1) is 11.5. The monoisotopic (exact) mass is 227 g/mol. The zero-order valence-corrected chi connectivity index (χ0v) is 8.97. The number of benzene rings is 1. The highest BCUT2D eigenvalue weighted by atomic mass is 19.2. The van der Waals surface area contributed by atoms with Crippen molar-refractivity contribution in [3.05, 3.63) is 35.4 Å². The predicted molar refractivity (Wildman–Crippen MR) is 57.1 cm³/mol. The van der Waals surface area contributed by atoms with E-state index in [-0.39, 0.29) is 0 Å². The number of rotatable bonds is 2. The van der Waals surface area contributed by atoms with E-state index in [0.29, 0.717) is 24.8 Å². The van der Waals surface area contributed by atoms with Gasteiger partial charge in [0.25, 0.3) is 0 Å². The Balaban J connectivity index is 2.10. The molecule has 1 heterocycles. The molecule has 1 saturated heterocycles. The van der Waals surface area contributed by atoms with Gasteiger partial charge in [-0.2, -0.15) is 0 Å². The molecule has 88 valence electrons. The molecule has 0 aliphatic carbocycles. The lowest BCUT2D eigenvalue weighted by molar-refractivity contribution is 0.0108. The van der Waals surface area contributed by atoms with E-state index < -0.39 is 17.2 Å². The zero-order chi connectivity index (χ0) is 11.6. The lowest BCUT2D eigenvalue weighted by Gasteiger charge is -2.32. The minimum Gasteiger partial charge on any atom is -0.389 e. The molecule has 4 heteroatoms. The third-order valence-corrected chi connectivity index (χ3v) is 3.05. The first-order valence-corrected chi connectivity index (χ1v) is 5.46. The van der Waals surface area contributed by atoms with Crippen LogP contribution in [0.1, 0.15) is 18.4 Å². The van der Waals surface area contributed by atoms with Crippen LogP contribution in [0.15, 0.2) is 18.2 Å². The van der Waals surface area contributed by atoms with Crippen molar-refractivity contribution in [3.63, 3.8) is 0 Å². The zero-order valence-electron chi connectivity index (χ0n) is 8.97. The van der Waals surface area contributed by atoms with Crippen LogP contribution in [-0.4, -0.2) is 23.8 Å².